The van der Waals surface area contributed by atoms with Gasteiger partial charge in [0.1, 0.15) is 0 Å². The number of hydrogen-bond donors (Lipinski definition) is 2. The molecule has 0 bridgehead atoms. The van der Waals surface area contributed by atoms with Gasteiger partial charge in [-0.15, -0.1) is 10.2 Å². The first kappa shape index (κ1) is 45.2. The molecule has 2 fully saturated rings. The molecule has 4 heterocycles. The molecule has 56 heavy (non-hydrogen) atoms. The topological polar surface area (TPSA) is 180 Å². The SMILES string of the molecule is C.C.Cc1nc(-n2ccc(OCCC3(C(F)(F)F)CC3)n2)ccc1C(=O)NS(C)(=O)=O.Cc1nc(-n2ccc(OCCC3(C(F)(F)F)CC3)n2)ccc1C(=O)O. The van der Waals surface area contributed by atoms with Crippen LogP contribution in [0.4, 0.5) is 26.3 Å². The smallest absolute Gasteiger partial charge is 0.394 e. The van der Waals surface area contributed by atoms with Gasteiger partial charge in [0.25, 0.3) is 5.91 Å². The minimum absolute atomic E-state index is 0. The number of carboxylic acids is 1. The number of amides is 1. The molecule has 2 aliphatic rings. The number of nitrogens with one attached hydrogen (secondary N) is 1. The number of aryl methyl sites for hydroxylation is 2. The first-order valence-electron chi connectivity index (χ1n) is 16.3. The number of hydrogen-bond acceptors (Lipinski definition) is 10. The Morgan fingerprint density at radius 1 is 0.750 bits per heavy atom. The summed E-state index contributed by atoms with van der Waals surface area (Å²) in [5.41, 5.74) is -2.43. The number of halogens is 6. The first-order valence-corrected chi connectivity index (χ1v) is 18.2. The molecule has 0 saturated heterocycles. The zero-order chi connectivity index (χ0) is 39.7. The molecule has 2 N–H and O–H groups in total. The van der Waals surface area contributed by atoms with E-state index in [9.17, 15) is 44.3 Å². The van der Waals surface area contributed by atoms with Gasteiger partial charge < -0.3 is 14.6 Å². The van der Waals surface area contributed by atoms with Crippen LogP contribution in [0.15, 0.2) is 48.8 Å². The lowest BCUT2D eigenvalue weighted by atomic mass is 10.0. The molecule has 1 amide bonds. The van der Waals surface area contributed by atoms with Crippen molar-refractivity contribution < 1.29 is 58.9 Å². The number of sulfonamides is 1. The maximum absolute atomic E-state index is 12.9. The second-order valence-electron chi connectivity index (χ2n) is 13.1. The van der Waals surface area contributed by atoms with E-state index in [2.05, 4.69) is 20.2 Å². The standard InChI is InChI=1S/C17H19F3N4O4S.C16H16F3N3O3.2CH4/c1-11-12(15(25)23-29(2,26)27)3-4-13(21-11)24-9-5-14(22-24)28-10-8-16(6-7-16)17(18,19)20;1-10-11(14(23)24)2-3-12(20-10)22-8-4-13(21-22)25-9-7-15(5-6-15)16(17,18)19;;/h3-5,9H,6-8,10H2,1-2H3,(H,23,25);2-4,8H,5-7,9H2,1H3,(H,23,24);2*1H4. The molecule has 2 aliphatic carbocycles. The summed E-state index contributed by atoms with van der Waals surface area (Å²) in [6.07, 6.45) is -4.15. The molecular formula is C35H43F6N7O7S. The summed E-state index contributed by atoms with van der Waals surface area (Å²) >= 11 is 0. The van der Waals surface area contributed by atoms with Crippen LogP contribution in [0, 0.1) is 24.7 Å². The molecule has 0 spiro atoms. The van der Waals surface area contributed by atoms with Crippen LogP contribution in [0.1, 0.15) is 85.5 Å². The van der Waals surface area contributed by atoms with Crippen molar-refractivity contribution in [2.75, 3.05) is 19.5 Å². The highest BCUT2D eigenvalue weighted by molar-refractivity contribution is 7.89. The summed E-state index contributed by atoms with van der Waals surface area (Å²) in [5, 5.41) is 17.2. The third kappa shape index (κ3) is 10.8. The first-order chi connectivity index (χ1) is 25.1. The fraction of sp³-hybridized carbons (Fsp3) is 0.486. The molecule has 308 valence electrons. The number of alkyl halides is 6. The van der Waals surface area contributed by atoms with Crippen molar-refractivity contribution in [2.24, 2.45) is 10.8 Å². The predicted octanol–water partition coefficient (Wildman–Crippen LogP) is 7.03. The summed E-state index contributed by atoms with van der Waals surface area (Å²) in [6, 6.07) is 8.80. The van der Waals surface area contributed by atoms with Crippen molar-refractivity contribution in [3.63, 3.8) is 0 Å². The number of ether oxygens (including phenoxy) is 2. The molecule has 14 nitrogen and oxygen atoms in total. The molecular weight excluding hydrogens is 776 g/mol. The van der Waals surface area contributed by atoms with Gasteiger partial charge in [0.2, 0.25) is 21.8 Å². The third-order valence-corrected chi connectivity index (χ3v) is 9.62. The van der Waals surface area contributed by atoms with Gasteiger partial charge >= 0.3 is 18.3 Å². The van der Waals surface area contributed by atoms with E-state index in [1.165, 1.54) is 58.9 Å². The molecule has 0 radical (unpaired) electrons. The van der Waals surface area contributed by atoms with E-state index in [4.69, 9.17) is 14.6 Å². The van der Waals surface area contributed by atoms with Crippen LogP contribution >= 0.6 is 0 Å². The summed E-state index contributed by atoms with van der Waals surface area (Å²) in [6.45, 7) is 2.93. The van der Waals surface area contributed by atoms with Crippen molar-refractivity contribution in [3.8, 4) is 23.4 Å². The number of aromatic nitrogens is 6. The van der Waals surface area contributed by atoms with E-state index in [-0.39, 0.29) is 95.2 Å². The second kappa shape index (κ2) is 16.9. The number of aromatic carboxylic acids is 1. The summed E-state index contributed by atoms with van der Waals surface area (Å²) in [5.74, 6) is -0.790. The Morgan fingerprint density at radius 2 is 1.14 bits per heavy atom. The molecule has 21 heteroatoms. The Kier molecular flexibility index (Phi) is 13.6. The van der Waals surface area contributed by atoms with Gasteiger partial charge in [-0.25, -0.2) is 37.3 Å². The van der Waals surface area contributed by atoms with E-state index in [0.717, 1.165) is 6.26 Å². The van der Waals surface area contributed by atoms with Crippen LogP contribution in [0.2, 0.25) is 0 Å². The molecule has 0 aromatic carbocycles. The molecule has 0 aliphatic heterocycles. The molecule has 2 saturated carbocycles. The van der Waals surface area contributed by atoms with Crippen LogP contribution in [0.3, 0.4) is 0 Å². The van der Waals surface area contributed by atoms with Gasteiger partial charge in [-0.05, 0) is 76.6 Å². The average molecular weight is 820 g/mol. The minimum atomic E-state index is -4.22. The summed E-state index contributed by atoms with van der Waals surface area (Å²) < 4.78 is 115. The van der Waals surface area contributed by atoms with E-state index >= 15 is 0 Å². The highest BCUT2D eigenvalue weighted by Crippen LogP contribution is 2.60. The Labute approximate surface area is 319 Å². The summed E-state index contributed by atoms with van der Waals surface area (Å²) in [7, 11) is -3.70. The van der Waals surface area contributed by atoms with E-state index in [1.807, 2.05) is 4.72 Å². The van der Waals surface area contributed by atoms with Crippen LogP contribution < -0.4 is 14.2 Å². The van der Waals surface area contributed by atoms with Crippen molar-refractivity contribution in [3.05, 3.63) is 71.3 Å². The number of carbonyl (C=O) groups excluding carboxylic acids is 1. The predicted molar refractivity (Wildman–Crippen MR) is 191 cm³/mol. The molecule has 4 aromatic rings. The van der Waals surface area contributed by atoms with Crippen molar-refractivity contribution in [2.45, 2.75) is 79.6 Å². The van der Waals surface area contributed by atoms with Crippen LogP contribution in [0.25, 0.3) is 11.6 Å². The van der Waals surface area contributed by atoms with Gasteiger partial charge in [-0.3, -0.25) is 4.79 Å². The molecule has 6 rings (SSSR count). The zero-order valence-electron chi connectivity index (χ0n) is 29.0. The Morgan fingerprint density at radius 3 is 1.46 bits per heavy atom. The van der Waals surface area contributed by atoms with Crippen molar-refractivity contribution in [1.82, 2.24) is 34.3 Å². The van der Waals surface area contributed by atoms with Crippen molar-refractivity contribution in [1.29, 1.82) is 0 Å². The Bertz CT molecular complexity index is 2130. The van der Waals surface area contributed by atoms with Crippen LogP contribution in [-0.2, 0) is 10.0 Å². The largest absolute Gasteiger partial charge is 0.478 e. The highest BCUT2D eigenvalue weighted by atomic mass is 32.2. The normalized spacial score (nSPS) is 15.2. The fourth-order valence-corrected chi connectivity index (χ4v) is 5.86. The molecule has 4 aromatic heterocycles. The lowest BCUT2D eigenvalue weighted by molar-refractivity contribution is -0.190. The number of rotatable bonds is 13. The Hall–Kier alpha value is -5.21. The van der Waals surface area contributed by atoms with Crippen LogP contribution in [0.5, 0.6) is 11.8 Å². The van der Waals surface area contributed by atoms with Gasteiger partial charge in [0.15, 0.2) is 11.6 Å². The van der Waals surface area contributed by atoms with Gasteiger partial charge in [0, 0.05) is 24.5 Å². The van der Waals surface area contributed by atoms with E-state index in [0.29, 0.717) is 17.3 Å². The average Bonchev–Trinajstić information content (AvgIpc) is 3.93. The van der Waals surface area contributed by atoms with Crippen molar-refractivity contribution >= 4 is 21.9 Å². The highest BCUT2D eigenvalue weighted by Gasteiger charge is 2.63. The zero-order valence-corrected chi connectivity index (χ0v) is 29.8. The van der Waals surface area contributed by atoms with E-state index in [1.54, 1.807) is 13.1 Å². The second-order valence-corrected chi connectivity index (χ2v) is 14.8. The molecule has 0 atom stereocenters. The minimum Gasteiger partial charge on any atom is -0.478 e. The number of nitrogens with zero attached hydrogens (tertiary/aromatic N) is 6. The quantitative estimate of drug-likeness (QED) is 0.132. The fourth-order valence-electron chi connectivity index (χ4n) is 5.42. The number of pyridine rings is 2. The third-order valence-electron chi connectivity index (χ3n) is 9.06. The number of carboxylic acid groups (broad SMARTS) is 1. The van der Waals surface area contributed by atoms with Crippen LogP contribution in [-0.4, -0.2) is 86.8 Å². The Balaban J connectivity index is 0.000000293. The lowest BCUT2D eigenvalue weighted by Gasteiger charge is -2.18. The monoisotopic (exact) mass is 819 g/mol. The summed E-state index contributed by atoms with van der Waals surface area (Å²) in [4.78, 5) is 31.3. The maximum atomic E-state index is 12.9. The van der Waals surface area contributed by atoms with E-state index < -0.39 is 45.1 Å². The molecule has 0 unspecified atom stereocenters. The lowest BCUT2D eigenvalue weighted by Crippen LogP contribution is -2.30. The maximum Gasteiger partial charge on any atom is 0.394 e. The van der Waals surface area contributed by atoms with Gasteiger partial charge in [-0.1, -0.05) is 14.9 Å². The van der Waals surface area contributed by atoms with Gasteiger partial charge in [-0.2, -0.15) is 26.3 Å². The van der Waals surface area contributed by atoms with Gasteiger partial charge in [0.05, 0.1) is 52.8 Å². The number of carbonyl (C=O) groups is 2.